The first-order chi connectivity index (χ1) is 12.2. The van der Waals surface area contributed by atoms with Crippen molar-refractivity contribution in [2.45, 2.75) is 63.7 Å². The fourth-order valence-corrected chi connectivity index (χ4v) is 4.44. The topological polar surface area (TPSA) is 41.3 Å². The molecule has 2 fully saturated rings. The molecule has 1 heterocycles. The molecule has 1 saturated carbocycles. The van der Waals surface area contributed by atoms with Crippen molar-refractivity contribution < 1.29 is 13.2 Å². The van der Waals surface area contributed by atoms with Crippen molar-refractivity contribution in [1.82, 2.24) is 4.90 Å². The normalized spacial score (nSPS) is 26.0. The number of nitrogen functional groups attached to an aromatic ring is 1. The third-order valence-electron chi connectivity index (χ3n) is 5.84. The summed E-state index contributed by atoms with van der Waals surface area (Å²) in [5.74, 6) is 0.845. The van der Waals surface area contributed by atoms with E-state index in [2.05, 4.69) is 17.1 Å². The number of alkyl halides is 3. The Hall–Kier alpha value is -1.14. The Labute approximate surface area is 158 Å². The standard InChI is InChI=1S/C19H27ClF3N3/c1-12-2-4-14(5-3-12)26-8-6-13(7-9-26)25-18-11-16(20)15(10-17(18)24)19(21,22)23/h10-14,25H,2-9,24H2,1H3. The van der Waals surface area contributed by atoms with Crippen molar-refractivity contribution in [3.8, 4) is 0 Å². The minimum Gasteiger partial charge on any atom is -0.397 e. The molecule has 0 unspecified atom stereocenters. The first-order valence-electron chi connectivity index (χ1n) is 9.41. The first-order valence-corrected chi connectivity index (χ1v) is 9.78. The van der Waals surface area contributed by atoms with Crippen LogP contribution in [0.1, 0.15) is 51.0 Å². The summed E-state index contributed by atoms with van der Waals surface area (Å²) in [5, 5.41) is 2.98. The SMILES string of the molecule is CC1CCC(N2CCC(Nc3cc(Cl)c(C(F)(F)F)cc3N)CC2)CC1. The van der Waals surface area contributed by atoms with Crippen LogP contribution in [0.2, 0.25) is 5.02 Å². The second-order valence-electron chi connectivity index (χ2n) is 7.79. The van der Waals surface area contributed by atoms with Gasteiger partial charge in [-0.3, -0.25) is 0 Å². The highest BCUT2D eigenvalue weighted by molar-refractivity contribution is 6.32. The molecular formula is C19H27ClF3N3. The number of benzene rings is 1. The number of halogens is 4. The monoisotopic (exact) mass is 389 g/mol. The Morgan fingerprint density at radius 2 is 1.69 bits per heavy atom. The zero-order chi connectivity index (χ0) is 18.9. The summed E-state index contributed by atoms with van der Waals surface area (Å²) < 4.78 is 38.7. The molecule has 1 aliphatic carbocycles. The maximum absolute atomic E-state index is 12.9. The molecule has 26 heavy (non-hydrogen) atoms. The highest BCUT2D eigenvalue weighted by Crippen LogP contribution is 2.39. The van der Waals surface area contributed by atoms with Crippen molar-refractivity contribution in [1.29, 1.82) is 0 Å². The summed E-state index contributed by atoms with van der Waals surface area (Å²) in [7, 11) is 0. The molecule has 0 radical (unpaired) electrons. The molecule has 7 heteroatoms. The predicted molar refractivity (Wildman–Crippen MR) is 101 cm³/mol. The number of rotatable bonds is 3. The molecule has 0 spiro atoms. The maximum atomic E-state index is 12.9. The van der Waals surface area contributed by atoms with Crippen molar-refractivity contribution in [2.75, 3.05) is 24.1 Å². The van der Waals surface area contributed by atoms with E-state index >= 15 is 0 Å². The third-order valence-corrected chi connectivity index (χ3v) is 6.15. The number of piperidine rings is 1. The molecule has 3 rings (SSSR count). The van der Waals surface area contributed by atoms with Crippen molar-refractivity contribution in [3.05, 3.63) is 22.7 Å². The smallest absolute Gasteiger partial charge is 0.397 e. The van der Waals surface area contributed by atoms with Crippen LogP contribution in [0.4, 0.5) is 24.5 Å². The van der Waals surface area contributed by atoms with Gasteiger partial charge in [0.15, 0.2) is 0 Å². The van der Waals surface area contributed by atoms with Crippen LogP contribution in [-0.4, -0.2) is 30.1 Å². The lowest BCUT2D eigenvalue weighted by atomic mass is 9.85. The van der Waals surface area contributed by atoms with E-state index in [0.29, 0.717) is 11.7 Å². The van der Waals surface area contributed by atoms with Gasteiger partial charge in [-0.1, -0.05) is 18.5 Å². The van der Waals surface area contributed by atoms with Crippen LogP contribution < -0.4 is 11.1 Å². The quantitative estimate of drug-likeness (QED) is 0.680. The third kappa shape index (κ3) is 4.58. The van der Waals surface area contributed by atoms with Crippen LogP contribution in [0.25, 0.3) is 0 Å². The Morgan fingerprint density at radius 1 is 1.08 bits per heavy atom. The molecule has 0 bridgehead atoms. The highest BCUT2D eigenvalue weighted by atomic mass is 35.5. The van der Waals surface area contributed by atoms with Crippen LogP contribution in [0, 0.1) is 5.92 Å². The lowest BCUT2D eigenvalue weighted by Gasteiger charge is -2.40. The maximum Gasteiger partial charge on any atom is 0.417 e. The van der Waals surface area contributed by atoms with Gasteiger partial charge < -0.3 is 16.0 Å². The van der Waals surface area contributed by atoms with Gasteiger partial charge in [-0.05, 0) is 56.6 Å². The minimum absolute atomic E-state index is 0.0884. The summed E-state index contributed by atoms with van der Waals surface area (Å²) >= 11 is 5.82. The van der Waals surface area contributed by atoms with E-state index in [4.69, 9.17) is 17.3 Å². The van der Waals surface area contributed by atoms with Gasteiger partial charge in [0.05, 0.1) is 22.0 Å². The fourth-order valence-electron chi connectivity index (χ4n) is 4.17. The molecule has 0 amide bonds. The number of hydrogen-bond donors (Lipinski definition) is 2. The van der Waals surface area contributed by atoms with Crippen molar-refractivity contribution in [3.63, 3.8) is 0 Å². The lowest BCUT2D eigenvalue weighted by Crippen LogP contribution is -2.45. The first kappa shape index (κ1) is 19.6. The van der Waals surface area contributed by atoms with Crippen molar-refractivity contribution >= 4 is 23.0 Å². The molecule has 1 aliphatic heterocycles. The largest absolute Gasteiger partial charge is 0.417 e. The lowest BCUT2D eigenvalue weighted by molar-refractivity contribution is -0.137. The molecule has 1 aromatic rings. The van der Waals surface area contributed by atoms with Crippen LogP contribution >= 0.6 is 11.6 Å². The summed E-state index contributed by atoms with van der Waals surface area (Å²) in [6.45, 7) is 4.36. The Bertz CT molecular complexity index is 619. The predicted octanol–water partition coefficient (Wildman–Crippen LogP) is 5.40. The second-order valence-corrected chi connectivity index (χ2v) is 8.19. The van der Waals surface area contributed by atoms with E-state index in [-0.39, 0.29) is 16.8 Å². The molecule has 1 saturated heterocycles. The number of nitrogens with two attached hydrogens (primary N) is 1. The Balaban J connectivity index is 1.57. The Kier molecular flexibility index (Phi) is 5.92. The summed E-state index contributed by atoms with van der Waals surface area (Å²) in [5.41, 5.74) is 5.53. The molecule has 0 atom stereocenters. The van der Waals surface area contributed by atoms with Gasteiger partial charge in [-0.15, -0.1) is 0 Å². The minimum atomic E-state index is -4.49. The number of nitrogens with zero attached hydrogens (tertiary/aromatic N) is 1. The van der Waals surface area contributed by atoms with Crippen molar-refractivity contribution in [2.24, 2.45) is 5.92 Å². The number of hydrogen-bond acceptors (Lipinski definition) is 3. The van der Waals surface area contributed by atoms with Gasteiger partial charge in [0.1, 0.15) is 0 Å². The number of likely N-dealkylation sites (tertiary alicyclic amines) is 1. The van der Waals surface area contributed by atoms with E-state index < -0.39 is 11.7 Å². The van der Waals surface area contributed by atoms with E-state index in [1.807, 2.05) is 0 Å². The molecule has 3 nitrogen and oxygen atoms in total. The fraction of sp³-hybridized carbons (Fsp3) is 0.684. The van der Waals surface area contributed by atoms with E-state index in [1.165, 1.54) is 31.7 Å². The highest BCUT2D eigenvalue weighted by Gasteiger charge is 2.34. The van der Waals surface area contributed by atoms with E-state index in [0.717, 1.165) is 37.9 Å². The second kappa shape index (κ2) is 7.85. The zero-order valence-electron chi connectivity index (χ0n) is 15.1. The van der Waals surface area contributed by atoms with Crippen LogP contribution in [-0.2, 0) is 6.18 Å². The number of nitrogens with one attached hydrogen (secondary N) is 1. The van der Waals surface area contributed by atoms with Crippen LogP contribution in [0.3, 0.4) is 0 Å². The van der Waals surface area contributed by atoms with E-state index in [9.17, 15) is 13.2 Å². The molecule has 0 aromatic heterocycles. The van der Waals surface area contributed by atoms with E-state index in [1.54, 1.807) is 0 Å². The average Bonchev–Trinajstić information content (AvgIpc) is 2.58. The molecular weight excluding hydrogens is 363 g/mol. The summed E-state index contributed by atoms with van der Waals surface area (Å²) in [6, 6.07) is 3.12. The van der Waals surface area contributed by atoms with Gasteiger partial charge >= 0.3 is 6.18 Å². The average molecular weight is 390 g/mol. The summed E-state index contributed by atoms with van der Waals surface area (Å²) in [6.07, 6.45) is 2.61. The van der Waals surface area contributed by atoms with Crippen LogP contribution in [0.5, 0.6) is 0 Å². The molecule has 2 aliphatic rings. The van der Waals surface area contributed by atoms with Gasteiger partial charge in [0.25, 0.3) is 0 Å². The number of anilines is 2. The van der Waals surface area contributed by atoms with Gasteiger partial charge in [0, 0.05) is 25.2 Å². The molecule has 146 valence electrons. The Morgan fingerprint density at radius 3 is 2.27 bits per heavy atom. The molecule has 1 aromatic carbocycles. The van der Waals surface area contributed by atoms with Crippen LogP contribution in [0.15, 0.2) is 12.1 Å². The summed E-state index contributed by atoms with van der Waals surface area (Å²) in [4.78, 5) is 2.58. The zero-order valence-corrected chi connectivity index (χ0v) is 15.8. The van der Waals surface area contributed by atoms with Gasteiger partial charge in [0.2, 0.25) is 0 Å². The van der Waals surface area contributed by atoms with Gasteiger partial charge in [-0.2, -0.15) is 13.2 Å². The molecule has 3 N–H and O–H groups in total. The van der Waals surface area contributed by atoms with Gasteiger partial charge in [-0.25, -0.2) is 0 Å².